The van der Waals surface area contributed by atoms with Crippen molar-refractivity contribution in [3.05, 3.63) is 0 Å². The van der Waals surface area contributed by atoms with E-state index in [1.54, 1.807) is 0 Å². The van der Waals surface area contributed by atoms with Gasteiger partial charge in [0.25, 0.3) is 0 Å². The molecule has 1 saturated carbocycles. The van der Waals surface area contributed by atoms with E-state index >= 15 is 0 Å². The van der Waals surface area contributed by atoms with Crippen LogP contribution in [0.2, 0.25) is 0 Å². The molecule has 0 aromatic heterocycles. The van der Waals surface area contributed by atoms with E-state index in [-0.39, 0.29) is 0 Å². The van der Waals surface area contributed by atoms with Gasteiger partial charge in [0.2, 0.25) is 0 Å². The van der Waals surface area contributed by atoms with Gasteiger partial charge < -0.3 is 0 Å². The quantitative estimate of drug-likeness (QED) is 0.121. The molecule has 0 aliphatic heterocycles. The van der Waals surface area contributed by atoms with Gasteiger partial charge in [0.05, 0.1) is 0 Å². The number of hydrogen-bond donors (Lipinski definition) is 0. The molecule has 71 heavy (non-hydrogen) atoms. The molecule has 1 fully saturated rings. The average Bonchev–Trinajstić information content (AvgIpc) is 3.35. The first-order valence-electron chi connectivity index (χ1n) is 32.5. The average molecular weight is 1010 g/mol. The summed E-state index contributed by atoms with van der Waals surface area (Å²) in [7, 11) is 0. The second kappa shape index (κ2) is 59.2. The summed E-state index contributed by atoms with van der Waals surface area (Å²) < 4.78 is 0. The van der Waals surface area contributed by atoms with Crippen LogP contribution in [0.25, 0.3) is 0 Å². The van der Waals surface area contributed by atoms with Crippen molar-refractivity contribution in [2.45, 2.75) is 384 Å². The largest absolute Gasteiger partial charge is 0.0654 e. The van der Waals surface area contributed by atoms with Crippen LogP contribution in [0.1, 0.15) is 384 Å². The second-order valence-electron chi connectivity index (χ2n) is 27.3. The van der Waals surface area contributed by atoms with E-state index in [9.17, 15) is 0 Å². The van der Waals surface area contributed by atoms with Gasteiger partial charge in [-0.3, -0.25) is 0 Å². The molecule has 0 aromatic rings. The highest BCUT2D eigenvalue weighted by Crippen LogP contribution is 2.40. The van der Waals surface area contributed by atoms with E-state index in [1.165, 1.54) is 135 Å². The zero-order valence-electron chi connectivity index (χ0n) is 58.6. The lowest BCUT2D eigenvalue weighted by atomic mass is 9.70. The Hall–Kier alpha value is 0. The fourth-order valence-electron chi connectivity index (χ4n) is 6.48. The predicted octanol–water partition coefficient (Wildman–Crippen LogP) is 27.9. The molecule has 0 nitrogen and oxygen atoms in total. The first-order chi connectivity index (χ1) is 32.5. The highest BCUT2D eigenvalue weighted by molar-refractivity contribution is 4.79. The summed E-state index contributed by atoms with van der Waals surface area (Å²) >= 11 is 0. The van der Waals surface area contributed by atoms with Crippen LogP contribution in [0.3, 0.4) is 0 Å². The van der Waals surface area contributed by atoms with Gasteiger partial charge in [-0.25, -0.2) is 0 Å². The summed E-state index contributed by atoms with van der Waals surface area (Å²) in [6, 6.07) is 0. The van der Waals surface area contributed by atoms with Gasteiger partial charge in [0.15, 0.2) is 0 Å². The summed E-state index contributed by atoms with van der Waals surface area (Å²) in [5.41, 5.74) is 2.40. The SMILES string of the molecule is CC(C)C.CC(C)C(C)C(C)C.CCC(C)(C)C.CCC(C)(C)C1CCCCC1.CCC(C)(C)CC.CCC(C)C.CCC(C)C(C)CC.CCC(C)CC.CCC(CC)(CC)CC.CCCC(C)CC. The minimum Gasteiger partial charge on any atom is -0.0654 e. The minimum atomic E-state index is 0.542. The van der Waals surface area contributed by atoms with Crippen molar-refractivity contribution in [2.24, 2.45) is 80.8 Å². The zero-order chi connectivity index (χ0) is 58.6. The highest BCUT2D eigenvalue weighted by atomic mass is 14.3. The zero-order valence-corrected chi connectivity index (χ0v) is 58.6. The molecule has 444 valence electrons. The molecule has 1 aliphatic carbocycles. The van der Waals surface area contributed by atoms with Gasteiger partial charge in [0, 0.05) is 0 Å². The summed E-state index contributed by atoms with van der Waals surface area (Å²) in [5.74, 6) is 9.01. The Kier molecular flexibility index (Phi) is 75.5. The van der Waals surface area contributed by atoms with Crippen molar-refractivity contribution in [1.82, 2.24) is 0 Å². The van der Waals surface area contributed by atoms with Gasteiger partial charge in [-0.1, -0.05) is 371 Å². The Labute approximate surface area is 462 Å². The Morgan fingerprint density at radius 2 is 0.662 bits per heavy atom. The van der Waals surface area contributed by atoms with Crippen LogP contribution in [0.5, 0.6) is 0 Å². The first kappa shape index (κ1) is 90.5. The maximum absolute atomic E-state index is 2.43. The molecule has 0 heterocycles. The van der Waals surface area contributed by atoms with E-state index < -0.39 is 0 Å². The lowest BCUT2D eigenvalue weighted by Crippen LogP contribution is -2.25. The van der Waals surface area contributed by atoms with Crippen molar-refractivity contribution < 1.29 is 0 Å². The molecular formula is C71H160. The lowest BCUT2D eigenvalue weighted by Gasteiger charge is -2.36. The molecule has 0 spiro atoms. The van der Waals surface area contributed by atoms with Crippen LogP contribution in [-0.4, -0.2) is 0 Å². The Balaban J connectivity index is -0.0000000869. The number of hydrogen-bond acceptors (Lipinski definition) is 0. The fourth-order valence-corrected chi connectivity index (χ4v) is 6.48. The van der Waals surface area contributed by atoms with Crippen LogP contribution in [0.4, 0.5) is 0 Å². The van der Waals surface area contributed by atoms with Crippen molar-refractivity contribution in [3.63, 3.8) is 0 Å². The van der Waals surface area contributed by atoms with Crippen LogP contribution in [0, 0.1) is 80.8 Å². The van der Waals surface area contributed by atoms with E-state index in [2.05, 4.69) is 249 Å². The fraction of sp³-hybridized carbons (Fsp3) is 1.00. The van der Waals surface area contributed by atoms with E-state index in [0.717, 1.165) is 59.2 Å². The van der Waals surface area contributed by atoms with Gasteiger partial charge in [-0.15, -0.1) is 0 Å². The minimum absolute atomic E-state index is 0.542. The van der Waals surface area contributed by atoms with E-state index in [4.69, 9.17) is 0 Å². The monoisotopic (exact) mass is 1010 g/mol. The lowest BCUT2D eigenvalue weighted by molar-refractivity contribution is 0.152. The molecular weight excluding hydrogens is 853 g/mol. The maximum atomic E-state index is 2.43. The molecule has 0 amide bonds. The van der Waals surface area contributed by atoms with Gasteiger partial charge in [0.1, 0.15) is 0 Å². The Morgan fingerprint density at radius 1 is 0.366 bits per heavy atom. The first-order valence-corrected chi connectivity index (χ1v) is 32.5. The third-order valence-electron chi connectivity index (χ3n) is 17.6. The van der Waals surface area contributed by atoms with Crippen LogP contribution >= 0.6 is 0 Å². The maximum Gasteiger partial charge on any atom is -0.0308 e. The van der Waals surface area contributed by atoms with Gasteiger partial charge >= 0.3 is 0 Å². The van der Waals surface area contributed by atoms with Crippen LogP contribution in [-0.2, 0) is 0 Å². The Bertz CT molecular complexity index is 851. The third-order valence-corrected chi connectivity index (χ3v) is 17.6. The molecule has 0 aromatic carbocycles. The van der Waals surface area contributed by atoms with E-state index in [0.29, 0.717) is 21.7 Å². The normalized spacial score (nSPS) is 13.9. The van der Waals surface area contributed by atoms with Gasteiger partial charge in [-0.05, 0) is 93.7 Å². The Morgan fingerprint density at radius 3 is 0.761 bits per heavy atom. The summed E-state index contributed by atoms with van der Waals surface area (Å²) in [5, 5.41) is 0. The standard InChI is InChI=1S/C11H22.C9H20.2C8H18.2C7H16.2C6H14.C5H12.C4H10/c1-4-11(2,3)10-8-6-5-7-9-10;1-5-9(6-2,7-3)8-4;1-6(2)8(5)7(3)4;1-5-7(3)8(4)6-2;1-5-7(3,4)6-2;1-4-6-7(3)5-2;1-5-6(2,3)4;1-4-6(3)5-2;1-4-5(2)3;1-4(2)3/h10H,4-9H2,1-3H3;5-8H2,1-4H3;6-8H,1-5H3;7-8H,5-6H2,1-4H3;5-6H2,1-4H3;7H,4-6H2,1-3H3;5H2,1-4H3;6H,4-5H2,1-3H3;5H,4H2,1-3H3;4H,1-3H3. The molecule has 0 N–H and O–H groups in total. The number of rotatable bonds is 19. The van der Waals surface area contributed by atoms with Gasteiger partial charge in [-0.2, -0.15) is 0 Å². The summed E-state index contributed by atoms with van der Waals surface area (Å²) in [6.07, 6.45) is 28.7. The predicted molar refractivity (Wildman–Crippen MR) is 346 cm³/mol. The van der Waals surface area contributed by atoms with Crippen molar-refractivity contribution in [2.75, 3.05) is 0 Å². The van der Waals surface area contributed by atoms with Crippen molar-refractivity contribution >= 4 is 0 Å². The summed E-state index contributed by atoms with van der Waals surface area (Å²) in [6.45, 7) is 81.7. The molecule has 3 unspecified atom stereocenters. The van der Waals surface area contributed by atoms with E-state index in [1.807, 2.05) is 0 Å². The van der Waals surface area contributed by atoms with Crippen molar-refractivity contribution in [3.8, 4) is 0 Å². The second-order valence-corrected chi connectivity index (χ2v) is 27.3. The molecule has 1 aliphatic rings. The molecule has 3 atom stereocenters. The molecule has 1 rings (SSSR count). The topological polar surface area (TPSA) is 0 Å². The van der Waals surface area contributed by atoms with Crippen LogP contribution in [0.15, 0.2) is 0 Å². The summed E-state index contributed by atoms with van der Waals surface area (Å²) in [4.78, 5) is 0. The molecule has 0 heteroatoms. The molecule has 0 bridgehead atoms. The molecule has 0 saturated heterocycles. The molecule has 0 radical (unpaired) electrons. The highest BCUT2D eigenvalue weighted by Gasteiger charge is 2.28. The van der Waals surface area contributed by atoms with Crippen molar-refractivity contribution in [1.29, 1.82) is 0 Å². The van der Waals surface area contributed by atoms with Crippen LogP contribution < -0.4 is 0 Å². The third kappa shape index (κ3) is 76.6. The smallest absolute Gasteiger partial charge is 0.0308 e.